The van der Waals surface area contributed by atoms with Crippen LogP contribution in [0.3, 0.4) is 0 Å². The van der Waals surface area contributed by atoms with Gasteiger partial charge in [-0.05, 0) is 70.5 Å². The van der Waals surface area contributed by atoms with Crippen molar-refractivity contribution in [1.29, 1.82) is 0 Å². The molecule has 0 radical (unpaired) electrons. The van der Waals surface area contributed by atoms with Gasteiger partial charge in [0.1, 0.15) is 23.7 Å². The Morgan fingerprint density at radius 1 is 0.587 bits per heavy atom. The number of methoxy groups -OCH3 is 2. The van der Waals surface area contributed by atoms with Crippen LogP contribution in [0.2, 0.25) is 0 Å². The molecular formula is C49H52N8O6. The van der Waals surface area contributed by atoms with Crippen molar-refractivity contribution in [3.8, 4) is 44.8 Å². The van der Waals surface area contributed by atoms with Crippen molar-refractivity contribution in [2.45, 2.75) is 63.7 Å². The van der Waals surface area contributed by atoms with Gasteiger partial charge >= 0.3 is 12.2 Å². The van der Waals surface area contributed by atoms with E-state index in [0.29, 0.717) is 24.5 Å². The molecule has 4 amide bonds. The standard InChI is InChI=1S/C49H52N8O6/c1-30(2)42(54-48(60)62-3)46(58)56-26-8-12-40(56)44-50-28-38(52-44)35-22-18-33(19-23-35)31-14-16-32(17-15-31)34-20-24-36(25-21-34)39-29-51-45(53-39)41-13-9-27-57(41)47(59)43(55-49(61)63-4)37-10-6-5-7-11-37/h5-7,10-11,14-25,28-30,40-43H,8-9,12-13,26-27H2,1-4H3,(H,50,52)(H,51,53)(H,54,60)(H,55,61)/t40-,41-,42-,43+/m0/s1. The van der Waals surface area contributed by atoms with E-state index in [0.717, 1.165) is 76.3 Å². The van der Waals surface area contributed by atoms with E-state index in [9.17, 15) is 19.2 Å². The number of ether oxygens (including phenoxy) is 2. The van der Waals surface area contributed by atoms with Crippen molar-refractivity contribution in [1.82, 2.24) is 40.4 Å². The largest absolute Gasteiger partial charge is 0.453 e. The molecule has 2 saturated heterocycles. The highest BCUT2D eigenvalue weighted by molar-refractivity contribution is 5.88. The molecule has 63 heavy (non-hydrogen) atoms. The molecule has 6 aromatic rings. The van der Waals surface area contributed by atoms with Crippen molar-refractivity contribution >= 4 is 24.0 Å². The maximum Gasteiger partial charge on any atom is 0.407 e. The van der Waals surface area contributed by atoms with Crippen LogP contribution in [0.5, 0.6) is 0 Å². The average molecular weight is 849 g/mol. The van der Waals surface area contributed by atoms with Gasteiger partial charge in [-0.15, -0.1) is 0 Å². The number of carbonyl (C=O) groups is 4. The lowest BCUT2D eigenvalue weighted by atomic mass is 9.98. The highest BCUT2D eigenvalue weighted by Gasteiger charge is 2.39. The average Bonchev–Trinajstić information content (AvgIpc) is 4.17. The molecule has 0 spiro atoms. The van der Waals surface area contributed by atoms with Crippen LogP contribution in [0.1, 0.15) is 74.9 Å². The van der Waals surface area contributed by atoms with E-state index in [2.05, 4.69) is 98.4 Å². The zero-order valence-corrected chi connectivity index (χ0v) is 35.8. The molecule has 0 saturated carbocycles. The summed E-state index contributed by atoms with van der Waals surface area (Å²) in [6.07, 6.45) is 5.54. The molecule has 2 aromatic heterocycles. The van der Waals surface area contributed by atoms with Gasteiger partial charge in [0.25, 0.3) is 5.91 Å². The van der Waals surface area contributed by atoms with E-state index >= 15 is 0 Å². The number of nitrogens with one attached hydrogen (secondary N) is 4. The number of aromatic nitrogens is 4. The van der Waals surface area contributed by atoms with E-state index < -0.39 is 24.3 Å². The summed E-state index contributed by atoms with van der Waals surface area (Å²) in [5.41, 5.74) is 8.71. The molecule has 4 aromatic carbocycles. The van der Waals surface area contributed by atoms with Gasteiger partial charge in [0.2, 0.25) is 5.91 Å². The van der Waals surface area contributed by atoms with E-state index in [-0.39, 0.29) is 29.8 Å². The fraction of sp³-hybridized carbons (Fsp3) is 0.306. The zero-order chi connectivity index (χ0) is 44.0. The molecule has 324 valence electrons. The van der Waals surface area contributed by atoms with Gasteiger partial charge in [-0.25, -0.2) is 19.6 Å². The molecule has 14 heteroatoms. The molecule has 0 aliphatic carbocycles. The molecule has 4 N–H and O–H groups in total. The molecule has 2 aliphatic heterocycles. The third kappa shape index (κ3) is 9.20. The number of rotatable bonds is 12. The maximum atomic E-state index is 13.9. The smallest absolute Gasteiger partial charge is 0.407 e. The van der Waals surface area contributed by atoms with E-state index in [4.69, 9.17) is 14.5 Å². The number of carbonyl (C=O) groups excluding carboxylic acids is 4. The van der Waals surface area contributed by atoms with Crippen molar-refractivity contribution < 1.29 is 28.7 Å². The summed E-state index contributed by atoms with van der Waals surface area (Å²) in [7, 11) is 2.57. The first kappa shape index (κ1) is 42.5. The van der Waals surface area contributed by atoms with Gasteiger partial charge in [-0.1, -0.05) is 117 Å². The minimum atomic E-state index is -0.877. The Balaban J connectivity index is 0.900. The number of imidazole rings is 2. The number of H-pyrrole nitrogens is 2. The van der Waals surface area contributed by atoms with Gasteiger partial charge < -0.3 is 39.9 Å². The monoisotopic (exact) mass is 848 g/mol. The minimum Gasteiger partial charge on any atom is -0.453 e. The Morgan fingerprint density at radius 3 is 1.43 bits per heavy atom. The molecule has 8 rings (SSSR count). The van der Waals surface area contributed by atoms with Gasteiger partial charge in [-0.3, -0.25) is 9.59 Å². The van der Waals surface area contributed by atoms with Crippen LogP contribution in [0, 0.1) is 5.92 Å². The summed E-state index contributed by atoms with van der Waals surface area (Å²) in [6.45, 7) is 4.96. The number of aromatic amines is 2. The third-order valence-corrected chi connectivity index (χ3v) is 12.1. The van der Waals surface area contributed by atoms with Gasteiger partial charge in [0, 0.05) is 13.1 Å². The molecule has 4 atom stereocenters. The number of hydrogen-bond acceptors (Lipinski definition) is 8. The van der Waals surface area contributed by atoms with Crippen molar-refractivity contribution in [3.05, 3.63) is 133 Å². The van der Waals surface area contributed by atoms with Crippen LogP contribution in [-0.2, 0) is 19.1 Å². The Hall–Kier alpha value is -7.22. The molecular weight excluding hydrogens is 797 g/mol. The summed E-state index contributed by atoms with van der Waals surface area (Å²) in [5, 5.41) is 5.42. The van der Waals surface area contributed by atoms with Crippen molar-refractivity contribution in [3.63, 3.8) is 0 Å². The maximum absolute atomic E-state index is 13.9. The van der Waals surface area contributed by atoms with Gasteiger partial charge in [0.05, 0.1) is 50.1 Å². The second-order valence-electron chi connectivity index (χ2n) is 16.3. The molecule has 4 heterocycles. The number of hydrogen-bond donors (Lipinski definition) is 4. The Kier molecular flexibility index (Phi) is 12.7. The van der Waals surface area contributed by atoms with Crippen LogP contribution in [0.4, 0.5) is 9.59 Å². The van der Waals surface area contributed by atoms with Crippen LogP contribution >= 0.6 is 0 Å². The van der Waals surface area contributed by atoms with Gasteiger partial charge in [0.15, 0.2) is 0 Å². The lowest BCUT2D eigenvalue weighted by molar-refractivity contribution is -0.135. The first-order chi connectivity index (χ1) is 30.6. The Bertz CT molecular complexity index is 2540. The predicted molar refractivity (Wildman–Crippen MR) is 239 cm³/mol. The van der Waals surface area contributed by atoms with Crippen molar-refractivity contribution in [2.75, 3.05) is 27.3 Å². The van der Waals surface area contributed by atoms with E-state index in [1.54, 1.807) is 11.1 Å². The first-order valence-corrected chi connectivity index (χ1v) is 21.4. The number of alkyl carbamates (subject to hydrolysis) is 2. The highest BCUT2D eigenvalue weighted by atomic mass is 16.5. The molecule has 0 unspecified atom stereocenters. The van der Waals surface area contributed by atoms with Crippen LogP contribution in [0.15, 0.2) is 116 Å². The summed E-state index contributed by atoms with van der Waals surface area (Å²) < 4.78 is 9.60. The SMILES string of the molecule is COC(=O)N[C@H](C(=O)N1CCC[C@H]1c1ncc(-c2ccc(-c3ccc(-c4ccc(-c5cnc([C@@H]6CCCN6C(=O)[C@H](NC(=O)OC)c6ccccc6)[nH]5)cc4)cc3)cc2)[nH]1)C(C)C. The number of nitrogens with zero attached hydrogens (tertiary/aromatic N) is 4. The van der Waals surface area contributed by atoms with E-state index in [1.165, 1.54) is 14.2 Å². The highest BCUT2D eigenvalue weighted by Crippen LogP contribution is 2.36. The molecule has 2 aliphatic rings. The number of likely N-dealkylation sites (tertiary alicyclic amines) is 2. The molecule has 2 fully saturated rings. The summed E-state index contributed by atoms with van der Waals surface area (Å²) in [5.74, 6) is 0.986. The number of amides is 4. The van der Waals surface area contributed by atoms with Crippen LogP contribution in [-0.4, -0.2) is 87.1 Å². The summed E-state index contributed by atoms with van der Waals surface area (Å²) in [4.78, 5) is 71.6. The Labute approximate surface area is 366 Å². The Morgan fingerprint density at radius 2 is 1.00 bits per heavy atom. The second-order valence-corrected chi connectivity index (χ2v) is 16.3. The van der Waals surface area contributed by atoms with E-state index in [1.807, 2.05) is 55.3 Å². The zero-order valence-electron chi connectivity index (χ0n) is 35.8. The van der Waals surface area contributed by atoms with Crippen LogP contribution < -0.4 is 10.6 Å². The normalized spacial score (nSPS) is 17.0. The first-order valence-electron chi connectivity index (χ1n) is 21.4. The van der Waals surface area contributed by atoms with Crippen LogP contribution in [0.25, 0.3) is 44.8 Å². The topological polar surface area (TPSA) is 175 Å². The molecule has 0 bridgehead atoms. The fourth-order valence-electron chi connectivity index (χ4n) is 8.63. The molecule has 14 nitrogen and oxygen atoms in total. The second kappa shape index (κ2) is 18.8. The summed E-state index contributed by atoms with van der Waals surface area (Å²) >= 11 is 0. The third-order valence-electron chi connectivity index (χ3n) is 12.1. The quantitative estimate of drug-likeness (QED) is 0.0947. The predicted octanol–water partition coefficient (Wildman–Crippen LogP) is 8.61. The lowest BCUT2D eigenvalue weighted by Crippen LogP contribution is -2.51. The van der Waals surface area contributed by atoms with Gasteiger partial charge in [-0.2, -0.15) is 0 Å². The minimum absolute atomic E-state index is 0.104. The number of benzene rings is 4. The fourth-order valence-corrected chi connectivity index (χ4v) is 8.63. The lowest BCUT2D eigenvalue weighted by Gasteiger charge is -2.30. The van der Waals surface area contributed by atoms with Crippen molar-refractivity contribution in [2.24, 2.45) is 5.92 Å². The summed E-state index contributed by atoms with van der Waals surface area (Å²) in [6, 6.07) is 32.3.